The van der Waals surface area contributed by atoms with Crippen LogP contribution in [0, 0.1) is 0 Å². The Labute approximate surface area is 158 Å². The van der Waals surface area contributed by atoms with Gasteiger partial charge in [0.15, 0.2) is 5.82 Å². The predicted octanol–water partition coefficient (Wildman–Crippen LogP) is 2.07. The second-order valence-electron chi connectivity index (χ2n) is 5.94. The first kappa shape index (κ1) is 19.7. The summed E-state index contributed by atoms with van der Waals surface area (Å²) in [5, 5.41) is 9.70. The number of halogens is 1. The van der Waals surface area contributed by atoms with E-state index in [0.29, 0.717) is 22.5 Å². The maximum absolute atomic E-state index is 11.5. The van der Waals surface area contributed by atoms with Gasteiger partial charge >= 0.3 is 0 Å². The van der Waals surface area contributed by atoms with E-state index in [9.17, 15) is 4.79 Å². The quantitative estimate of drug-likeness (QED) is 0.427. The highest BCUT2D eigenvalue weighted by Gasteiger charge is 2.23. The number of aromatic nitrogens is 2. The smallest absolute Gasteiger partial charge is 0.243 e. The van der Waals surface area contributed by atoms with Gasteiger partial charge in [-0.1, -0.05) is 18.2 Å². The molecule has 26 heavy (non-hydrogen) atoms. The highest BCUT2D eigenvalue weighted by atomic mass is 35.5. The molecular formula is C17H24ClN7O. The molecule has 8 nitrogen and oxygen atoms in total. The second kappa shape index (κ2) is 9.76. The van der Waals surface area contributed by atoms with Gasteiger partial charge in [0, 0.05) is 31.5 Å². The molecule has 0 aromatic carbocycles. The van der Waals surface area contributed by atoms with Gasteiger partial charge in [-0.15, -0.1) is 0 Å². The molecule has 140 valence electrons. The van der Waals surface area contributed by atoms with E-state index < -0.39 is 0 Å². The van der Waals surface area contributed by atoms with Gasteiger partial charge in [0.2, 0.25) is 11.9 Å². The van der Waals surface area contributed by atoms with E-state index in [0.717, 1.165) is 25.7 Å². The molecule has 1 fully saturated rings. The lowest BCUT2D eigenvalue weighted by molar-refractivity contribution is -0.117. The lowest BCUT2D eigenvalue weighted by Crippen LogP contribution is -2.41. The van der Waals surface area contributed by atoms with E-state index in [1.54, 1.807) is 13.3 Å². The number of nitrogens with one attached hydrogen (secondary N) is 3. The molecule has 0 saturated heterocycles. The van der Waals surface area contributed by atoms with Crippen molar-refractivity contribution in [2.75, 3.05) is 17.7 Å². The standard InChI is InChI=1S/C17H24ClN7O/c1-3-15(26)22-11-5-4-6-12(7-11)23-16-14(18)10-21-17(25-16)24-13(8-19)9-20-2/h3,8-12H,1,4-7,19H2,2H3,(H,22,26)(H2,21,23,24,25)/t11-,12+/m0/s1. The van der Waals surface area contributed by atoms with Crippen molar-refractivity contribution in [3.8, 4) is 0 Å². The summed E-state index contributed by atoms with van der Waals surface area (Å²) in [4.78, 5) is 24.0. The van der Waals surface area contributed by atoms with Gasteiger partial charge in [0.25, 0.3) is 0 Å². The van der Waals surface area contributed by atoms with E-state index in [1.807, 2.05) is 0 Å². The lowest BCUT2D eigenvalue weighted by atomic mass is 9.91. The minimum Gasteiger partial charge on any atom is -0.403 e. The fourth-order valence-corrected chi connectivity index (χ4v) is 2.96. The number of nitrogens with zero attached hydrogens (tertiary/aromatic N) is 3. The first-order valence-corrected chi connectivity index (χ1v) is 8.76. The Morgan fingerprint density at radius 3 is 2.92 bits per heavy atom. The molecule has 2 atom stereocenters. The summed E-state index contributed by atoms with van der Waals surface area (Å²) in [5.41, 5.74) is 6.11. The Kier molecular flexibility index (Phi) is 7.40. The fourth-order valence-electron chi connectivity index (χ4n) is 2.82. The van der Waals surface area contributed by atoms with Crippen LogP contribution in [-0.4, -0.2) is 41.2 Å². The molecule has 1 aliphatic rings. The zero-order valence-electron chi connectivity index (χ0n) is 14.7. The van der Waals surface area contributed by atoms with Gasteiger partial charge in [-0.2, -0.15) is 4.98 Å². The summed E-state index contributed by atoms with van der Waals surface area (Å²) in [6, 6.07) is 0.262. The molecule has 5 N–H and O–H groups in total. The van der Waals surface area contributed by atoms with Crippen molar-refractivity contribution in [3.05, 3.63) is 35.8 Å². The van der Waals surface area contributed by atoms with Crippen LogP contribution in [0.15, 0.2) is 35.7 Å². The third-order valence-corrected chi connectivity index (χ3v) is 4.27. The molecule has 1 aromatic rings. The number of rotatable bonds is 7. The molecule has 1 aliphatic carbocycles. The molecule has 0 spiro atoms. The molecule has 1 aromatic heterocycles. The maximum atomic E-state index is 11.5. The number of carbonyl (C=O) groups is 1. The van der Waals surface area contributed by atoms with Crippen molar-refractivity contribution >= 4 is 35.5 Å². The number of hydrogen-bond donors (Lipinski definition) is 4. The molecule has 0 radical (unpaired) electrons. The number of nitrogens with two attached hydrogens (primary N) is 1. The van der Waals surface area contributed by atoms with Crippen LogP contribution in [0.1, 0.15) is 25.7 Å². The third kappa shape index (κ3) is 5.73. The predicted molar refractivity (Wildman–Crippen MR) is 105 cm³/mol. The van der Waals surface area contributed by atoms with Crippen LogP contribution < -0.4 is 21.7 Å². The highest BCUT2D eigenvalue weighted by Crippen LogP contribution is 2.26. The van der Waals surface area contributed by atoms with E-state index in [4.69, 9.17) is 17.3 Å². The molecule has 0 unspecified atom stereocenters. The Balaban J connectivity index is 2.05. The van der Waals surface area contributed by atoms with Crippen LogP contribution in [0.3, 0.4) is 0 Å². The largest absolute Gasteiger partial charge is 0.403 e. The Bertz CT molecular complexity index is 704. The van der Waals surface area contributed by atoms with Gasteiger partial charge in [-0.05, 0) is 31.8 Å². The van der Waals surface area contributed by atoms with Crippen LogP contribution in [0.5, 0.6) is 0 Å². The fraction of sp³-hybridized carbons (Fsp3) is 0.412. The number of anilines is 2. The van der Waals surface area contributed by atoms with Crippen molar-refractivity contribution in [2.45, 2.75) is 37.8 Å². The summed E-state index contributed by atoms with van der Waals surface area (Å²) >= 11 is 6.23. The van der Waals surface area contributed by atoms with E-state index in [1.165, 1.54) is 18.5 Å². The normalized spacial score (nSPS) is 20.6. The molecule has 1 amide bonds. The van der Waals surface area contributed by atoms with Crippen LogP contribution in [0.4, 0.5) is 11.8 Å². The van der Waals surface area contributed by atoms with Gasteiger partial charge < -0.3 is 21.7 Å². The Hall–Kier alpha value is -2.61. The topological polar surface area (TPSA) is 117 Å². The van der Waals surface area contributed by atoms with Crippen LogP contribution in [0.25, 0.3) is 0 Å². The van der Waals surface area contributed by atoms with Crippen LogP contribution >= 0.6 is 11.6 Å². The number of hydrogen-bond acceptors (Lipinski definition) is 7. The first-order chi connectivity index (χ1) is 12.5. The monoisotopic (exact) mass is 377 g/mol. The average molecular weight is 378 g/mol. The molecular weight excluding hydrogens is 354 g/mol. The van der Waals surface area contributed by atoms with Crippen molar-refractivity contribution in [3.63, 3.8) is 0 Å². The maximum Gasteiger partial charge on any atom is 0.243 e. The number of aliphatic imine (C=N–C) groups is 1. The van der Waals surface area contributed by atoms with Gasteiger partial charge in [0.1, 0.15) is 5.02 Å². The van der Waals surface area contributed by atoms with E-state index in [2.05, 4.69) is 37.5 Å². The van der Waals surface area contributed by atoms with Crippen molar-refractivity contribution < 1.29 is 4.79 Å². The SMILES string of the molecule is C=CC(=O)N[C@H]1CCC[C@@H](Nc2nc(NC(C=NC)=CN)ncc2Cl)C1. The van der Waals surface area contributed by atoms with Crippen molar-refractivity contribution in [1.82, 2.24) is 15.3 Å². The van der Waals surface area contributed by atoms with Crippen molar-refractivity contribution in [2.24, 2.45) is 10.7 Å². The zero-order chi connectivity index (χ0) is 18.9. The third-order valence-electron chi connectivity index (χ3n) is 3.99. The molecule has 0 aliphatic heterocycles. The van der Waals surface area contributed by atoms with Crippen LogP contribution in [-0.2, 0) is 4.79 Å². The molecule has 9 heteroatoms. The highest BCUT2D eigenvalue weighted by molar-refractivity contribution is 6.32. The molecule has 1 heterocycles. The van der Waals surface area contributed by atoms with Crippen LogP contribution in [0.2, 0.25) is 5.02 Å². The summed E-state index contributed by atoms with van der Waals surface area (Å²) in [6.45, 7) is 3.49. The van der Waals surface area contributed by atoms with Gasteiger partial charge in [-0.3, -0.25) is 9.79 Å². The number of carbonyl (C=O) groups excluding carboxylic acids is 1. The minimum absolute atomic E-state index is 0.109. The Morgan fingerprint density at radius 1 is 1.46 bits per heavy atom. The molecule has 2 rings (SSSR count). The van der Waals surface area contributed by atoms with E-state index in [-0.39, 0.29) is 18.0 Å². The summed E-state index contributed by atoms with van der Waals surface area (Å²) < 4.78 is 0. The molecule has 1 saturated carbocycles. The number of amides is 1. The van der Waals surface area contributed by atoms with E-state index >= 15 is 0 Å². The average Bonchev–Trinajstić information content (AvgIpc) is 2.64. The number of allylic oxidation sites excluding steroid dienone is 1. The second-order valence-corrected chi connectivity index (χ2v) is 6.35. The minimum atomic E-state index is -0.152. The molecule has 0 bridgehead atoms. The first-order valence-electron chi connectivity index (χ1n) is 8.38. The summed E-state index contributed by atoms with van der Waals surface area (Å²) in [7, 11) is 1.64. The summed E-state index contributed by atoms with van der Waals surface area (Å²) in [5.74, 6) is 0.747. The van der Waals surface area contributed by atoms with Crippen molar-refractivity contribution in [1.29, 1.82) is 0 Å². The van der Waals surface area contributed by atoms with Gasteiger partial charge in [-0.25, -0.2) is 4.98 Å². The summed E-state index contributed by atoms with van der Waals surface area (Å²) in [6.07, 6.45) is 9.47. The lowest BCUT2D eigenvalue weighted by Gasteiger charge is -2.30. The van der Waals surface area contributed by atoms with Gasteiger partial charge in [0.05, 0.1) is 11.9 Å². The Morgan fingerprint density at radius 2 is 2.23 bits per heavy atom. The zero-order valence-corrected chi connectivity index (χ0v) is 15.5.